The van der Waals surface area contributed by atoms with Gasteiger partial charge in [-0.1, -0.05) is 40.5 Å². The Kier molecular flexibility index (Phi) is 14.5. The van der Waals surface area contributed by atoms with E-state index < -0.39 is 18.0 Å². The number of esters is 1. The summed E-state index contributed by atoms with van der Waals surface area (Å²) in [5, 5.41) is 0. The Bertz CT molecular complexity index is 584. The Labute approximate surface area is 186 Å². The Morgan fingerprint density at radius 1 is 0.968 bits per heavy atom. The van der Waals surface area contributed by atoms with Gasteiger partial charge in [0.05, 0.1) is 19.1 Å². The standard InChI is InChI=1S/C11H20N2O2.C7H12O2.C4H10N2O/c1-3-5-8-6-10(14)13(7-8)9(4-2)11(12)15;1-2-3-6-4-7(8)9-5-6;1-2-3(5)4(6)7/h8-9H,3-7H2,1-2H3,(H2,12,15);6H,2-5H2,1H3;3H,2,5H2,1H3,(H2,6,7)/t8-,9+;6-;3-/m110/s1. The molecule has 0 aromatic carbocycles. The number of likely N-dealkylation sites (tertiary alicyclic amines) is 1. The first kappa shape index (κ1) is 28.8. The van der Waals surface area contributed by atoms with Gasteiger partial charge in [-0.3, -0.25) is 19.2 Å². The van der Waals surface area contributed by atoms with Crippen LogP contribution < -0.4 is 17.2 Å². The minimum Gasteiger partial charge on any atom is -0.465 e. The zero-order valence-corrected chi connectivity index (χ0v) is 19.6. The van der Waals surface area contributed by atoms with Gasteiger partial charge in [-0.05, 0) is 31.6 Å². The lowest BCUT2D eigenvalue weighted by Crippen LogP contribution is -2.45. The number of amides is 3. The lowest BCUT2D eigenvalue weighted by atomic mass is 10.0. The molecule has 0 aromatic heterocycles. The summed E-state index contributed by atoms with van der Waals surface area (Å²) in [6.07, 6.45) is 6.88. The minimum absolute atomic E-state index is 0.0200. The number of rotatable bonds is 9. The van der Waals surface area contributed by atoms with Gasteiger partial charge in [-0.25, -0.2) is 0 Å². The topological polar surface area (TPSA) is 159 Å². The predicted octanol–water partition coefficient (Wildman–Crippen LogP) is 1.46. The van der Waals surface area contributed by atoms with Crippen LogP contribution in [-0.4, -0.2) is 53.8 Å². The number of hydrogen-bond acceptors (Lipinski definition) is 6. The molecule has 180 valence electrons. The van der Waals surface area contributed by atoms with Crippen molar-refractivity contribution < 1.29 is 23.9 Å². The quantitative estimate of drug-likeness (QED) is 0.458. The molecule has 2 heterocycles. The number of ether oxygens (including phenoxy) is 1. The molecule has 0 aromatic rings. The minimum atomic E-state index is -0.458. The molecule has 0 unspecified atom stereocenters. The zero-order chi connectivity index (χ0) is 24.0. The van der Waals surface area contributed by atoms with Crippen LogP contribution in [0.5, 0.6) is 0 Å². The molecule has 2 aliphatic heterocycles. The van der Waals surface area contributed by atoms with Crippen LogP contribution in [0.25, 0.3) is 0 Å². The van der Waals surface area contributed by atoms with Crippen LogP contribution in [-0.2, 0) is 23.9 Å². The number of nitrogens with two attached hydrogens (primary N) is 3. The number of hydrogen-bond donors (Lipinski definition) is 3. The highest BCUT2D eigenvalue weighted by atomic mass is 16.5. The van der Waals surface area contributed by atoms with Crippen LogP contribution in [0.1, 0.15) is 79.1 Å². The maximum absolute atomic E-state index is 11.7. The number of cyclic esters (lactones) is 1. The molecule has 2 fully saturated rings. The van der Waals surface area contributed by atoms with Crippen LogP contribution in [0.2, 0.25) is 0 Å². The van der Waals surface area contributed by atoms with Gasteiger partial charge in [0, 0.05) is 18.9 Å². The Morgan fingerprint density at radius 2 is 1.55 bits per heavy atom. The van der Waals surface area contributed by atoms with Crippen molar-refractivity contribution in [1.82, 2.24) is 4.90 Å². The molecule has 0 bridgehead atoms. The van der Waals surface area contributed by atoms with E-state index in [1.54, 1.807) is 4.90 Å². The fraction of sp³-hybridized carbons (Fsp3) is 0.818. The van der Waals surface area contributed by atoms with Crippen LogP contribution in [0.15, 0.2) is 0 Å². The van der Waals surface area contributed by atoms with Gasteiger partial charge in [-0.15, -0.1) is 0 Å². The Morgan fingerprint density at radius 3 is 1.90 bits per heavy atom. The molecule has 0 radical (unpaired) electrons. The van der Waals surface area contributed by atoms with Crippen LogP contribution >= 0.6 is 0 Å². The summed E-state index contributed by atoms with van der Waals surface area (Å²) in [6, 6.07) is -0.862. The van der Waals surface area contributed by atoms with Gasteiger partial charge >= 0.3 is 5.97 Å². The molecule has 2 saturated heterocycles. The SMILES string of the molecule is CCC[C@@H]1CC(=O)N([C@@H](CC)C(N)=O)C1.CCC[C@H]1COC(=O)C1.CC[C@H](N)C(N)=O. The second kappa shape index (κ2) is 15.6. The highest BCUT2D eigenvalue weighted by Crippen LogP contribution is 2.24. The summed E-state index contributed by atoms with van der Waals surface area (Å²) in [7, 11) is 0. The molecule has 9 nitrogen and oxygen atoms in total. The molecule has 6 N–H and O–H groups in total. The maximum Gasteiger partial charge on any atom is 0.306 e. The van der Waals surface area contributed by atoms with Crippen molar-refractivity contribution in [3.63, 3.8) is 0 Å². The van der Waals surface area contributed by atoms with E-state index in [-0.39, 0.29) is 17.8 Å². The van der Waals surface area contributed by atoms with Crippen molar-refractivity contribution in [2.24, 2.45) is 29.0 Å². The molecule has 0 spiro atoms. The van der Waals surface area contributed by atoms with Crippen molar-refractivity contribution in [1.29, 1.82) is 0 Å². The van der Waals surface area contributed by atoms with Crippen LogP contribution in [0, 0.1) is 11.8 Å². The Hall–Kier alpha value is -2.16. The van der Waals surface area contributed by atoms with Gasteiger partial charge in [-0.2, -0.15) is 0 Å². The molecular weight excluding hydrogens is 400 g/mol. The summed E-state index contributed by atoms with van der Waals surface area (Å²) in [6.45, 7) is 9.30. The third kappa shape index (κ3) is 11.1. The third-order valence-corrected chi connectivity index (χ3v) is 5.46. The highest BCUT2D eigenvalue weighted by Gasteiger charge is 2.35. The predicted molar refractivity (Wildman–Crippen MR) is 119 cm³/mol. The first-order valence-corrected chi connectivity index (χ1v) is 11.4. The fourth-order valence-electron chi connectivity index (χ4n) is 3.65. The van der Waals surface area contributed by atoms with Crippen molar-refractivity contribution in [3.05, 3.63) is 0 Å². The normalized spacial score (nSPS) is 21.9. The maximum atomic E-state index is 11.7. The van der Waals surface area contributed by atoms with E-state index >= 15 is 0 Å². The monoisotopic (exact) mass is 442 g/mol. The van der Waals surface area contributed by atoms with E-state index in [1.165, 1.54) is 0 Å². The first-order chi connectivity index (χ1) is 14.6. The second-order valence-corrected chi connectivity index (χ2v) is 8.19. The highest BCUT2D eigenvalue weighted by molar-refractivity contribution is 5.87. The second-order valence-electron chi connectivity index (χ2n) is 8.19. The largest absolute Gasteiger partial charge is 0.465 e. The van der Waals surface area contributed by atoms with Gasteiger partial charge in [0.1, 0.15) is 6.04 Å². The molecule has 31 heavy (non-hydrogen) atoms. The first-order valence-electron chi connectivity index (χ1n) is 11.4. The van der Waals surface area contributed by atoms with Crippen LogP contribution in [0.4, 0.5) is 0 Å². The lowest BCUT2D eigenvalue weighted by Gasteiger charge is -2.24. The molecule has 0 aliphatic carbocycles. The fourth-order valence-corrected chi connectivity index (χ4v) is 3.65. The molecule has 9 heteroatoms. The molecule has 4 atom stereocenters. The average Bonchev–Trinajstić information content (AvgIpc) is 3.28. The summed E-state index contributed by atoms with van der Waals surface area (Å²) >= 11 is 0. The smallest absolute Gasteiger partial charge is 0.306 e. The molecule has 2 aliphatic rings. The van der Waals surface area contributed by atoms with Crippen molar-refractivity contribution in [2.75, 3.05) is 13.2 Å². The number of primary amides is 2. The van der Waals surface area contributed by atoms with Crippen molar-refractivity contribution in [3.8, 4) is 0 Å². The van der Waals surface area contributed by atoms with Gasteiger partial charge in [0.25, 0.3) is 0 Å². The Balaban J connectivity index is 0.000000479. The summed E-state index contributed by atoms with van der Waals surface area (Å²) < 4.78 is 4.78. The molecule has 3 amide bonds. The molecule has 0 saturated carbocycles. The van der Waals surface area contributed by atoms with Crippen molar-refractivity contribution >= 4 is 23.7 Å². The lowest BCUT2D eigenvalue weighted by molar-refractivity contribution is -0.138. The van der Waals surface area contributed by atoms with E-state index in [4.69, 9.17) is 21.9 Å². The van der Waals surface area contributed by atoms with E-state index in [0.717, 1.165) is 25.7 Å². The third-order valence-electron chi connectivity index (χ3n) is 5.46. The number of carbonyl (C=O) groups is 4. The van der Waals surface area contributed by atoms with E-state index in [0.29, 0.717) is 50.7 Å². The van der Waals surface area contributed by atoms with Gasteiger partial charge in [0.2, 0.25) is 17.7 Å². The van der Waals surface area contributed by atoms with E-state index in [2.05, 4.69) is 13.8 Å². The number of nitrogens with zero attached hydrogens (tertiary/aromatic N) is 1. The average molecular weight is 443 g/mol. The zero-order valence-electron chi connectivity index (χ0n) is 19.6. The number of carbonyl (C=O) groups excluding carboxylic acids is 4. The molecule has 2 rings (SSSR count). The van der Waals surface area contributed by atoms with E-state index in [1.807, 2.05) is 13.8 Å². The van der Waals surface area contributed by atoms with Crippen molar-refractivity contribution in [2.45, 2.75) is 91.1 Å². The summed E-state index contributed by atoms with van der Waals surface area (Å²) in [5.74, 6) is 0.177. The van der Waals surface area contributed by atoms with Crippen LogP contribution in [0.3, 0.4) is 0 Å². The van der Waals surface area contributed by atoms with Gasteiger partial charge in [0.15, 0.2) is 0 Å². The molecular formula is C22H42N4O5. The summed E-state index contributed by atoms with van der Waals surface area (Å²) in [5.41, 5.74) is 15.2. The van der Waals surface area contributed by atoms with Gasteiger partial charge < -0.3 is 26.8 Å². The summed E-state index contributed by atoms with van der Waals surface area (Å²) in [4.78, 5) is 45.0. The van der Waals surface area contributed by atoms with E-state index in [9.17, 15) is 19.2 Å².